The minimum atomic E-state index is -0.460. The van der Waals surface area contributed by atoms with Gasteiger partial charge in [-0.3, -0.25) is 9.48 Å². The van der Waals surface area contributed by atoms with Crippen LogP contribution in [0, 0.1) is 6.92 Å². The van der Waals surface area contributed by atoms with Gasteiger partial charge < -0.3 is 10.0 Å². The van der Waals surface area contributed by atoms with E-state index in [1.165, 1.54) is 5.57 Å². The van der Waals surface area contributed by atoms with E-state index in [4.69, 9.17) is 11.6 Å². The summed E-state index contributed by atoms with van der Waals surface area (Å²) in [6.07, 6.45) is 3.30. The molecule has 1 amide bonds. The van der Waals surface area contributed by atoms with E-state index < -0.39 is 6.61 Å². The molecule has 7 heteroatoms. The molecule has 6 nitrogen and oxygen atoms in total. The number of rotatable bonds is 2. The molecule has 4 rings (SSSR count). The number of hydrogen-bond donors (Lipinski definition) is 1. The third-order valence-corrected chi connectivity index (χ3v) is 5.55. The van der Waals surface area contributed by atoms with Gasteiger partial charge >= 0.3 is 0 Å². The van der Waals surface area contributed by atoms with Crippen LogP contribution >= 0.6 is 11.6 Å². The molecule has 0 atom stereocenters. The van der Waals surface area contributed by atoms with Crippen LogP contribution in [0.1, 0.15) is 23.1 Å². The van der Waals surface area contributed by atoms with E-state index in [0.717, 1.165) is 45.7 Å². The highest BCUT2D eigenvalue weighted by molar-refractivity contribution is 6.32. The number of aryl methyl sites for hydroxylation is 2. The number of amides is 1. The van der Waals surface area contributed by atoms with Crippen LogP contribution in [0.4, 0.5) is 0 Å². The Kier molecular flexibility index (Phi) is 3.89. The third-order valence-electron chi connectivity index (χ3n) is 5.02. The molecule has 0 saturated carbocycles. The van der Waals surface area contributed by atoms with Crippen molar-refractivity contribution in [1.82, 2.24) is 19.7 Å². The predicted octanol–water partition coefficient (Wildman–Crippen LogP) is 1.98. The van der Waals surface area contributed by atoms with Gasteiger partial charge in [0.2, 0.25) is 5.91 Å². The summed E-state index contributed by atoms with van der Waals surface area (Å²) in [5, 5.41) is 14.4. The van der Waals surface area contributed by atoms with Gasteiger partial charge in [0.25, 0.3) is 0 Å². The number of nitrogens with zero attached hydrogens (tertiary/aromatic N) is 4. The summed E-state index contributed by atoms with van der Waals surface area (Å²) in [7, 11) is 1.84. The average Bonchev–Trinajstić information content (AvgIpc) is 3.20. The van der Waals surface area contributed by atoms with Crippen LogP contribution in [0.15, 0.2) is 18.0 Å². The first-order valence-corrected chi connectivity index (χ1v) is 8.65. The quantitative estimate of drug-likeness (QED) is 0.891. The first kappa shape index (κ1) is 16.3. The van der Waals surface area contributed by atoms with Gasteiger partial charge in [-0.25, -0.2) is 4.98 Å². The fourth-order valence-electron chi connectivity index (χ4n) is 3.79. The summed E-state index contributed by atoms with van der Waals surface area (Å²) in [5.74, 6) is 0.425. The van der Waals surface area contributed by atoms with E-state index in [9.17, 15) is 9.90 Å². The molecule has 0 spiro atoms. The number of carbonyl (C=O) groups is 1. The average molecular weight is 359 g/mol. The third kappa shape index (κ3) is 2.56. The second-order valence-corrected chi connectivity index (χ2v) is 7.01. The highest BCUT2D eigenvalue weighted by Gasteiger charge is 2.33. The Morgan fingerprint density at radius 2 is 2.24 bits per heavy atom. The van der Waals surface area contributed by atoms with Gasteiger partial charge in [-0.1, -0.05) is 17.2 Å². The minimum Gasteiger partial charge on any atom is -0.387 e. The normalized spacial score (nSPS) is 16.2. The number of fused-ring (bicyclic) bond motifs is 2. The van der Waals surface area contributed by atoms with Crippen molar-refractivity contribution in [3.05, 3.63) is 39.7 Å². The lowest BCUT2D eigenvalue weighted by molar-refractivity contribution is -0.133. The maximum atomic E-state index is 11.9. The van der Waals surface area contributed by atoms with Crippen molar-refractivity contribution in [2.75, 3.05) is 19.7 Å². The number of carbonyl (C=O) groups excluding carboxylic acids is 1. The maximum absolute atomic E-state index is 11.9. The lowest BCUT2D eigenvalue weighted by atomic mass is 9.94. The van der Waals surface area contributed by atoms with E-state index in [2.05, 4.69) is 10.1 Å². The molecule has 130 valence electrons. The molecule has 1 aliphatic carbocycles. The van der Waals surface area contributed by atoms with Crippen LogP contribution in [0.5, 0.6) is 0 Å². The van der Waals surface area contributed by atoms with Crippen molar-refractivity contribution in [2.24, 2.45) is 7.05 Å². The largest absolute Gasteiger partial charge is 0.387 e. The highest BCUT2D eigenvalue weighted by Crippen LogP contribution is 2.46. The molecule has 0 radical (unpaired) electrons. The second kappa shape index (κ2) is 5.97. The van der Waals surface area contributed by atoms with Crippen LogP contribution in [0.2, 0.25) is 5.02 Å². The standard InChI is InChI=1S/C18H19ClN4O2/c1-10-5-13(18-20-9-22(2)21-18)16-12(17(10)19)6-11-3-4-23(7-14(11)16)15(25)8-24/h5,9,24H,3-4,6-8H2,1-2H3. The molecule has 2 aromatic rings. The Morgan fingerprint density at radius 1 is 1.44 bits per heavy atom. The fraction of sp³-hybridized carbons (Fsp3) is 0.389. The van der Waals surface area contributed by atoms with Crippen LogP contribution in [-0.4, -0.2) is 50.4 Å². The van der Waals surface area contributed by atoms with Crippen LogP contribution < -0.4 is 0 Å². The molecule has 2 heterocycles. The summed E-state index contributed by atoms with van der Waals surface area (Å²) >= 11 is 6.60. The minimum absolute atomic E-state index is 0.240. The lowest BCUT2D eigenvalue weighted by Crippen LogP contribution is -2.37. The number of aromatic nitrogens is 3. The van der Waals surface area contributed by atoms with Gasteiger partial charge in [0.05, 0.1) is 0 Å². The van der Waals surface area contributed by atoms with E-state index in [0.29, 0.717) is 18.9 Å². The van der Waals surface area contributed by atoms with Gasteiger partial charge in [-0.15, -0.1) is 0 Å². The van der Waals surface area contributed by atoms with E-state index in [-0.39, 0.29) is 5.91 Å². The Morgan fingerprint density at radius 3 is 2.92 bits per heavy atom. The zero-order chi connectivity index (χ0) is 17.7. The van der Waals surface area contributed by atoms with Crippen LogP contribution in [0.25, 0.3) is 17.0 Å². The van der Waals surface area contributed by atoms with E-state index in [1.807, 2.05) is 20.0 Å². The molecule has 1 aromatic carbocycles. The van der Waals surface area contributed by atoms with Gasteiger partial charge in [-0.05, 0) is 48.1 Å². The van der Waals surface area contributed by atoms with Crippen LogP contribution in [0.3, 0.4) is 0 Å². The molecule has 25 heavy (non-hydrogen) atoms. The predicted molar refractivity (Wildman–Crippen MR) is 95.1 cm³/mol. The molecule has 0 fully saturated rings. The van der Waals surface area contributed by atoms with Crippen molar-refractivity contribution in [2.45, 2.75) is 19.8 Å². The molecule has 0 unspecified atom stereocenters. The fourth-order valence-corrected chi connectivity index (χ4v) is 4.01. The summed E-state index contributed by atoms with van der Waals surface area (Å²) < 4.78 is 1.68. The number of halogens is 1. The molecule has 1 N–H and O–H groups in total. The number of benzene rings is 1. The summed E-state index contributed by atoms with van der Waals surface area (Å²) in [6, 6.07) is 2.03. The molecule has 1 aliphatic heterocycles. The van der Waals surface area contributed by atoms with Crippen molar-refractivity contribution < 1.29 is 9.90 Å². The lowest BCUT2D eigenvalue weighted by Gasteiger charge is -2.28. The smallest absolute Gasteiger partial charge is 0.248 e. The molecule has 0 bridgehead atoms. The molecular weight excluding hydrogens is 340 g/mol. The van der Waals surface area contributed by atoms with Crippen LogP contribution in [-0.2, 0) is 18.3 Å². The van der Waals surface area contributed by atoms with Crippen molar-refractivity contribution in [3.8, 4) is 11.4 Å². The molecule has 2 aliphatic rings. The zero-order valence-corrected chi connectivity index (χ0v) is 15.0. The Bertz CT molecular complexity index is 916. The highest BCUT2D eigenvalue weighted by atomic mass is 35.5. The van der Waals surface area contributed by atoms with Gasteiger partial charge in [0.15, 0.2) is 5.82 Å². The summed E-state index contributed by atoms with van der Waals surface area (Å²) in [5.41, 5.74) is 6.58. The SMILES string of the molecule is Cc1cc(-c2ncn(C)n2)c2c(c1Cl)CC1=C2CN(C(=O)CO)CC1. The Balaban J connectivity index is 1.86. The zero-order valence-electron chi connectivity index (χ0n) is 14.2. The summed E-state index contributed by atoms with van der Waals surface area (Å²) in [4.78, 5) is 18.1. The number of aliphatic hydroxyl groups excluding tert-OH is 1. The van der Waals surface area contributed by atoms with E-state index in [1.54, 1.807) is 15.9 Å². The van der Waals surface area contributed by atoms with Gasteiger partial charge in [-0.2, -0.15) is 5.10 Å². The Labute approximate surface area is 150 Å². The van der Waals surface area contributed by atoms with Crippen molar-refractivity contribution >= 4 is 23.1 Å². The maximum Gasteiger partial charge on any atom is 0.248 e. The second-order valence-electron chi connectivity index (χ2n) is 6.63. The first-order valence-electron chi connectivity index (χ1n) is 8.27. The van der Waals surface area contributed by atoms with Gasteiger partial charge in [0, 0.05) is 30.7 Å². The number of hydrogen-bond acceptors (Lipinski definition) is 4. The number of aliphatic hydroxyl groups is 1. The van der Waals surface area contributed by atoms with E-state index >= 15 is 0 Å². The van der Waals surface area contributed by atoms with Gasteiger partial charge in [0.1, 0.15) is 12.9 Å². The molecule has 1 aromatic heterocycles. The first-order chi connectivity index (χ1) is 12.0. The summed E-state index contributed by atoms with van der Waals surface area (Å²) in [6.45, 7) is 2.67. The molecule has 0 saturated heterocycles. The van der Waals surface area contributed by atoms with Crippen molar-refractivity contribution in [1.29, 1.82) is 0 Å². The Hall–Kier alpha value is -2.18. The topological polar surface area (TPSA) is 71.2 Å². The molecular formula is C18H19ClN4O2. The monoisotopic (exact) mass is 358 g/mol. The van der Waals surface area contributed by atoms with Crippen molar-refractivity contribution in [3.63, 3.8) is 0 Å².